The molecule has 0 aliphatic carbocycles. The molecule has 0 saturated heterocycles. The molecule has 1 unspecified atom stereocenters. The Kier molecular flexibility index (Phi) is 3.72. The predicted molar refractivity (Wildman–Crippen MR) is 82.0 cm³/mol. The molecule has 2 aromatic rings. The van der Waals surface area contributed by atoms with E-state index in [1.165, 1.54) is 22.2 Å². The molecule has 0 radical (unpaired) electrons. The van der Waals surface area contributed by atoms with Gasteiger partial charge in [-0.25, -0.2) is 0 Å². The van der Waals surface area contributed by atoms with E-state index in [1.54, 1.807) is 0 Å². The smallest absolute Gasteiger partial charge is 0.0708 e. The van der Waals surface area contributed by atoms with Crippen molar-refractivity contribution in [3.8, 4) is 0 Å². The van der Waals surface area contributed by atoms with Crippen LogP contribution in [0, 0.1) is 6.92 Å². The quantitative estimate of drug-likeness (QED) is 0.910. The van der Waals surface area contributed by atoms with Crippen LogP contribution in [-0.2, 0) is 12.8 Å². The summed E-state index contributed by atoms with van der Waals surface area (Å²) in [7, 11) is 0. The highest BCUT2D eigenvalue weighted by atomic mass is 16.3. The number of hydrogen-bond acceptors (Lipinski definition) is 3. The summed E-state index contributed by atoms with van der Waals surface area (Å²) in [6.45, 7) is 6.83. The predicted octanol–water partition coefficient (Wildman–Crippen LogP) is 2.32. The van der Waals surface area contributed by atoms with Crippen LogP contribution in [0.25, 0.3) is 10.9 Å². The van der Waals surface area contributed by atoms with E-state index in [9.17, 15) is 5.11 Å². The minimum Gasteiger partial charge on any atom is -0.392 e. The molecule has 3 nitrogen and oxygen atoms in total. The van der Waals surface area contributed by atoms with Crippen LogP contribution < -0.4 is 0 Å². The van der Waals surface area contributed by atoms with Crippen LogP contribution in [0.1, 0.15) is 23.7 Å². The first-order valence-electron chi connectivity index (χ1n) is 7.42. The third-order valence-corrected chi connectivity index (χ3v) is 4.23. The maximum atomic E-state index is 9.57. The highest BCUT2D eigenvalue weighted by Gasteiger charge is 2.18. The van der Waals surface area contributed by atoms with Gasteiger partial charge in [-0.2, -0.15) is 0 Å². The fourth-order valence-electron chi connectivity index (χ4n) is 3.22. The normalized spacial score (nSPS) is 17.8. The second kappa shape index (κ2) is 5.51. The van der Waals surface area contributed by atoms with E-state index in [0.717, 1.165) is 38.0 Å². The number of fused-ring (bicyclic) bond motifs is 2. The minimum absolute atomic E-state index is 0.260. The summed E-state index contributed by atoms with van der Waals surface area (Å²) in [5.74, 6) is 0. The number of aliphatic hydroxyl groups is 1. The Hall–Kier alpha value is -1.45. The van der Waals surface area contributed by atoms with E-state index in [2.05, 4.69) is 36.1 Å². The molecule has 1 N–H and O–H groups in total. The van der Waals surface area contributed by atoms with Gasteiger partial charge >= 0.3 is 0 Å². The van der Waals surface area contributed by atoms with Crippen molar-refractivity contribution in [1.29, 1.82) is 0 Å². The SMILES string of the molecule is Cc1c2c(nc3ccccc13)CCN(CC(C)O)CC2. The molecule has 3 heteroatoms. The molecular weight excluding hydrogens is 248 g/mol. The summed E-state index contributed by atoms with van der Waals surface area (Å²) >= 11 is 0. The third kappa shape index (κ3) is 2.56. The van der Waals surface area contributed by atoms with Crippen LogP contribution in [0.5, 0.6) is 0 Å². The van der Waals surface area contributed by atoms with Gasteiger partial charge in [-0.15, -0.1) is 0 Å². The van der Waals surface area contributed by atoms with E-state index >= 15 is 0 Å². The zero-order valence-electron chi connectivity index (χ0n) is 12.3. The molecule has 1 atom stereocenters. The van der Waals surface area contributed by atoms with Gasteiger partial charge in [0.2, 0.25) is 0 Å². The topological polar surface area (TPSA) is 36.4 Å². The number of rotatable bonds is 2. The van der Waals surface area contributed by atoms with Gasteiger partial charge in [0.1, 0.15) is 0 Å². The van der Waals surface area contributed by atoms with Gasteiger partial charge in [0.25, 0.3) is 0 Å². The van der Waals surface area contributed by atoms with Gasteiger partial charge in [-0.1, -0.05) is 18.2 Å². The molecule has 0 fully saturated rings. The minimum atomic E-state index is -0.260. The molecule has 1 aliphatic heterocycles. The lowest BCUT2D eigenvalue weighted by Gasteiger charge is -2.20. The van der Waals surface area contributed by atoms with Crippen LogP contribution in [0.2, 0.25) is 0 Å². The zero-order valence-corrected chi connectivity index (χ0v) is 12.3. The van der Waals surface area contributed by atoms with Crippen molar-refractivity contribution in [3.63, 3.8) is 0 Å². The average Bonchev–Trinajstić information content (AvgIpc) is 2.62. The third-order valence-electron chi connectivity index (χ3n) is 4.23. The molecule has 0 amide bonds. The van der Waals surface area contributed by atoms with Gasteiger partial charge in [0.05, 0.1) is 11.6 Å². The largest absolute Gasteiger partial charge is 0.392 e. The van der Waals surface area contributed by atoms with Crippen molar-refractivity contribution in [1.82, 2.24) is 9.88 Å². The van der Waals surface area contributed by atoms with Crippen molar-refractivity contribution in [2.45, 2.75) is 32.8 Å². The Morgan fingerprint density at radius 3 is 2.80 bits per heavy atom. The molecule has 106 valence electrons. The van der Waals surface area contributed by atoms with Crippen molar-refractivity contribution in [2.75, 3.05) is 19.6 Å². The van der Waals surface area contributed by atoms with Crippen LogP contribution in [-0.4, -0.2) is 40.7 Å². The number of pyridine rings is 1. The first-order valence-corrected chi connectivity index (χ1v) is 7.42. The number of aliphatic hydroxyl groups excluding tert-OH is 1. The fourth-order valence-corrected chi connectivity index (χ4v) is 3.22. The lowest BCUT2D eigenvalue weighted by Crippen LogP contribution is -2.33. The summed E-state index contributed by atoms with van der Waals surface area (Å²) in [6.07, 6.45) is 1.75. The summed E-state index contributed by atoms with van der Waals surface area (Å²) in [5.41, 5.74) is 5.14. The summed E-state index contributed by atoms with van der Waals surface area (Å²) < 4.78 is 0. The first kappa shape index (κ1) is 13.5. The molecule has 20 heavy (non-hydrogen) atoms. The lowest BCUT2D eigenvalue weighted by molar-refractivity contribution is 0.129. The maximum absolute atomic E-state index is 9.57. The average molecular weight is 270 g/mol. The van der Waals surface area contributed by atoms with E-state index in [1.807, 2.05) is 6.92 Å². The summed E-state index contributed by atoms with van der Waals surface area (Å²) in [5, 5.41) is 10.8. The van der Waals surface area contributed by atoms with Gasteiger partial charge in [-0.05, 0) is 37.5 Å². The number of aryl methyl sites for hydroxylation is 1. The number of hydrogen-bond donors (Lipinski definition) is 1. The van der Waals surface area contributed by atoms with Gasteiger partial charge in [0.15, 0.2) is 0 Å². The summed E-state index contributed by atoms with van der Waals surface area (Å²) in [6, 6.07) is 8.40. The number of benzene rings is 1. The second-order valence-corrected chi connectivity index (χ2v) is 5.83. The van der Waals surface area contributed by atoms with E-state index in [0.29, 0.717) is 0 Å². The molecule has 1 aromatic carbocycles. The Labute approximate surface area is 120 Å². The number of aromatic nitrogens is 1. The monoisotopic (exact) mass is 270 g/mol. The van der Waals surface area contributed by atoms with Crippen LogP contribution >= 0.6 is 0 Å². The van der Waals surface area contributed by atoms with Crippen LogP contribution in [0.3, 0.4) is 0 Å². The highest BCUT2D eigenvalue weighted by Crippen LogP contribution is 2.25. The lowest BCUT2D eigenvalue weighted by atomic mass is 9.99. The Morgan fingerprint density at radius 1 is 1.25 bits per heavy atom. The van der Waals surface area contributed by atoms with Crippen LogP contribution in [0.4, 0.5) is 0 Å². The molecular formula is C17H22N2O. The van der Waals surface area contributed by atoms with Crippen LogP contribution in [0.15, 0.2) is 24.3 Å². The van der Waals surface area contributed by atoms with E-state index in [4.69, 9.17) is 4.98 Å². The Bertz CT molecular complexity index is 622. The Balaban J connectivity index is 1.96. The Morgan fingerprint density at radius 2 is 2.00 bits per heavy atom. The molecule has 0 spiro atoms. The van der Waals surface area contributed by atoms with Gasteiger partial charge in [0, 0.05) is 37.1 Å². The van der Waals surface area contributed by atoms with E-state index < -0.39 is 0 Å². The molecule has 0 bridgehead atoms. The van der Waals surface area contributed by atoms with Gasteiger partial charge < -0.3 is 10.0 Å². The van der Waals surface area contributed by atoms with Crippen molar-refractivity contribution >= 4 is 10.9 Å². The molecule has 1 aliphatic rings. The first-order chi connectivity index (χ1) is 9.65. The molecule has 1 aromatic heterocycles. The summed E-state index contributed by atoms with van der Waals surface area (Å²) in [4.78, 5) is 7.20. The second-order valence-electron chi connectivity index (χ2n) is 5.83. The van der Waals surface area contributed by atoms with Gasteiger partial charge in [-0.3, -0.25) is 4.98 Å². The molecule has 0 saturated carbocycles. The fraction of sp³-hybridized carbons (Fsp3) is 0.471. The standard InChI is InChI=1S/C17H22N2O/c1-12(20)11-19-9-7-15-13(2)14-5-3-4-6-16(14)18-17(15)8-10-19/h3-6,12,20H,7-11H2,1-2H3. The van der Waals surface area contributed by atoms with Crippen molar-refractivity contribution < 1.29 is 5.11 Å². The van der Waals surface area contributed by atoms with Crippen molar-refractivity contribution in [2.24, 2.45) is 0 Å². The molecule has 2 heterocycles. The zero-order chi connectivity index (χ0) is 14.1. The highest BCUT2D eigenvalue weighted by molar-refractivity contribution is 5.83. The van der Waals surface area contributed by atoms with Crippen molar-refractivity contribution in [3.05, 3.63) is 41.1 Å². The number of nitrogens with zero attached hydrogens (tertiary/aromatic N) is 2. The number of β-amino-alcohol motifs (C(OH)–C–C–N with tert-alkyl or cyclic N) is 1. The number of para-hydroxylation sites is 1. The molecule has 3 rings (SSSR count). The maximum Gasteiger partial charge on any atom is 0.0708 e. The van der Waals surface area contributed by atoms with E-state index in [-0.39, 0.29) is 6.10 Å².